The Morgan fingerprint density at radius 3 is 2.80 bits per heavy atom. The smallest absolute Gasteiger partial charge is 0.392 e. The number of ether oxygens (including phenoxy) is 1. The molecule has 2 saturated heterocycles. The highest BCUT2D eigenvalue weighted by atomic mass is 32.1. The first-order valence-corrected chi connectivity index (χ1v) is 10.5. The lowest BCUT2D eigenvalue weighted by Crippen LogP contribution is -2.61. The van der Waals surface area contributed by atoms with Crippen LogP contribution in [0.2, 0.25) is 0 Å². The highest BCUT2D eigenvalue weighted by molar-refractivity contribution is 7.10. The summed E-state index contributed by atoms with van der Waals surface area (Å²) in [5, 5.41) is 9.01. The number of alkyl halides is 3. The summed E-state index contributed by atoms with van der Waals surface area (Å²) in [5.41, 5.74) is 1.34. The van der Waals surface area contributed by atoms with E-state index in [0.29, 0.717) is 23.4 Å². The molecule has 0 amide bonds. The second-order valence-corrected chi connectivity index (χ2v) is 8.57. The topological polar surface area (TPSA) is 80.5 Å². The van der Waals surface area contributed by atoms with Crippen LogP contribution in [-0.4, -0.2) is 55.9 Å². The third-order valence-electron chi connectivity index (χ3n) is 5.60. The average molecular weight is 439 g/mol. The number of fused-ring (bicyclic) bond motifs is 3. The van der Waals surface area contributed by atoms with Crippen LogP contribution in [0, 0.1) is 18.8 Å². The van der Waals surface area contributed by atoms with Gasteiger partial charge in [-0.1, -0.05) is 0 Å². The van der Waals surface area contributed by atoms with E-state index in [1.54, 1.807) is 6.20 Å². The SMILES string of the molecule is Cc1cc(N2CC3C[C@@H](C2)[C@@H]3Nc2nc3c(OCCC(F)(F)F)nccn3n2)sn1. The Balaban J connectivity index is 1.25. The van der Waals surface area contributed by atoms with Gasteiger partial charge in [-0.25, -0.2) is 9.50 Å². The summed E-state index contributed by atoms with van der Waals surface area (Å²) in [5.74, 6) is 1.45. The molecule has 3 aliphatic rings. The van der Waals surface area contributed by atoms with Gasteiger partial charge in [-0.05, 0) is 42.8 Å². The number of nitrogens with zero attached hydrogens (tertiary/aromatic N) is 6. The maximum atomic E-state index is 12.4. The van der Waals surface area contributed by atoms with Crippen LogP contribution >= 0.6 is 11.5 Å². The van der Waals surface area contributed by atoms with Gasteiger partial charge in [0, 0.05) is 31.5 Å². The second kappa shape index (κ2) is 7.25. The average Bonchev–Trinajstić information content (AvgIpc) is 3.31. The fourth-order valence-electron chi connectivity index (χ4n) is 4.17. The Bertz CT molecular complexity index is 1040. The molecule has 3 atom stereocenters. The third kappa shape index (κ3) is 3.75. The molecule has 0 radical (unpaired) electrons. The van der Waals surface area contributed by atoms with Crippen molar-refractivity contribution in [1.29, 1.82) is 0 Å². The first kappa shape index (κ1) is 19.3. The highest BCUT2D eigenvalue weighted by Gasteiger charge is 2.47. The van der Waals surface area contributed by atoms with E-state index in [1.807, 2.05) is 6.92 Å². The quantitative estimate of drug-likeness (QED) is 0.632. The molecule has 5 heterocycles. The van der Waals surface area contributed by atoms with E-state index in [4.69, 9.17) is 4.74 Å². The summed E-state index contributed by atoms with van der Waals surface area (Å²) in [4.78, 5) is 10.8. The predicted octanol–water partition coefficient (Wildman–Crippen LogP) is 3.16. The minimum absolute atomic E-state index is 0.0443. The molecule has 0 spiro atoms. The number of hydrogen-bond donors (Lipinski definition) is 1. The van der Waals surface area contributed by atoms with E-state index >= 15 is 0 Å². The van der Waals surface area contributed by atoms with E-state index in [-0.39, 0.29) is 11.9 Å². The van der Waals surface area contributed by atoms with E-state index in [2.05, 4.69) is 35.7 Å². The van der Waals surface area contributed by atoms with Gasteiger partial charge in [-0.2, -0.15) is 22.5 Å². The standard InChI is InChI=1S/C18H20F3N7OS/c1-10-6-13(30-26-10)27-8-11-7-12(9-27)14(11)23-17-24-15-16(22-3-4-28(15)25-17)29-5-2-18(19,20)21/h3-4,6,11-12,14H,2,5,7-9H2,1H3,(H,23,25)/t11-,12?,14-/m0/s1. The Kier molecular flexibility index (Phi) is 4.68. The lowest BCUT2D eigenvalue weighted by Gasteiger charge is -2.53. The molecule has 6 rings (SSSR count). The second-order valence-electron chi connectivity index (χ2n) is 7.79. The van der Waals surface area contributed by atoms with Crippen molar-refractivity contribution in [1.82, 2.24) is 24.0 Å². The molecule has 2 bridgehead atoms. The summed E-state index contributed by atoms with van der Waals surface area (Å²) in [6.07, 6.45) is -1.14. The molecule has 12 heteroatoms. The number of piperidine rings is 2. The van der Waals surface area contributed by atoms with Crippen LogP contribution in [0.15, 0.2) is 18.5 Å². The van der Waals surface area contributed by atoms with Gasteiger partial charge in [0.1, 0.15) is 5.00 Å². The van der Waals surface area contributed by atoms with Crippen LogP contribution in [0.1, 0.15) is 18.5 Å². The Labute approximate surface area is 174 Å². The minimum Gasteiger partial charge on any atom is -0.475 e. The summed E-state index contributed by atoms with van der Waals surface area (Å²) >= 11 is 1.53. The molecule has 3 fully saturated rings. The normalized spacial score (nSPS) is 23.5. The molecule has 1 saturated carbocycles. The summed E-state index contributed by atoms with van der Waals surface area (Å²) in [6, 6.07) is 2.39. The van der Waals surface area contributed by atoms with Gasteiger partial charge in [0.15, 0.2) is 0 Å². The van der Waals surface area contributed by atoms with Gasteiger partial charge < -0.3 is 15.0 Å². The van der Waals surface area contributed by atoms with Crippen LogP contribution in [-0.2, 0) is 0 Å². The van der Waals surface area contributed by atoms with Crippen molar-refractivity contribution in [2.75, 3.05) is 29.9 Å². The van der Waals surface area contributed by atoms with Crippen molar-refractivity contribution < 1.29 is 17.9 Å². The number of halogens is 3. The van der Waals surface area contributed by atoms with E-state index in [1.165, 1.54) is 27.2 Å². The Morgan fingerprint density at radius 1 is 1.30 bits per heavy atom. The molecule has 3 aromatic rings. The van der Waals surface area contributed by atoms with Gasteiger partial charge in [0.05, 0.1) is 18.7 Å². The Morgan fingerprint density at radius 2 is 2.10 bits per heavy atom. The zero-order chi connectivity index (χ0) is 20.9. The lowest BCUT2D eigenvalue weighted by molar-refractivity contribution is -0.139. The van der Waals surface area contributed by atoms with Crippen LogP contribution in [0.4, 0.5) is 24.1 Å². The monoisotopic (exact) mass is 439 g/mol. The number of anilines is 2. The molecule has 0 aromatic carbocycles. The van der Waals surface area contributed by atoms with Crippen LogP contribution < -0.4 is 15.0 Å². The Hall–Kier alpha value is -2.63. The van der Waals surface area contributed by atoms with E-state index in [9.17, 15) is 13.2 Å². The van der Waals surface area contributed by atoms with Crippen molar-refractivity contribution in [3.05, 3.63) is 24.2 Å². The maximum absolute atomic E-state index is 12.4. The molecule has 2 aliphatic heterocycles. The number of rotatable bonds is 6. The summed E-state index contributed by atoms with van der Waals surface area (Å²) in [7, 11) is 0. The highest BCUT2D eigenvalue weighted by Crippen LogP contribution is 2.43. The van der Waals surface area contributed by atoms with Gasteiger partial charge in [-0.15, -0.1) is 5.10 Å². The molecule has 1 unspecified atom stereocenters. The molecule has 8 nitrogen and oxygen atoms in total. The first-order chi connectivity index (χ1) is 14.4. The molecular weight excluding hydrogens is 419 g/mol. The van der Waals surface area contributed by atoms with Gasteiger partial charge >= 0.3 is 6.18 Å². The minimum atomic E-state index is -4.28. The number of aryl methyl sites for hydroxylation is 1. The van der Waals surface area contributed by atoms with Crippen molar-refractivity contribution in [3.8, 4) is 5.88 Å². The molecule has 30 heavy (non-hydrogen) atoms. The number of hydrogen-bond acceptors (Lipinski definition) is 8. The van der Waals surface area contributed by atoms with Gasteiger partial charge in [0.25, 0.3) is 5.88 Å². The number of aromatic nitrogens is 5. The third-order valence-corrected chi connectivity index (χ3v) is 6.54. The largest absolute Gasteiger partial charge is 0.475 e. The van der Waals surface area contributed by atoms with Crippen molar-refractivity contribution >= 4 is 28.1 Å². The molecule has 1 aliphatic carbocycles. The van der Waals surface area contributed by atoms with E-state index in [0.717, 1.165) is 25.2 Å². The lowest BCUT2D eigenvalue weighted by atomic mass is 9.66. The molecule has 3 aromatic heterocycles. The van der Waals surface area contributed by atoms with Crippen LogP contribution in [0.5, 0.6) is 5.88 Å². The van der Waals surface area contributed by atoms with Crippen molar-refractivity contribution in [2.24, 2.45) is 11.8 Å². The molecule has 160 valence electrons. The summed E-state index contributed by atoms with van der Waals surface area (Å²) < 4.78 is 48.1. The van der Waals surface area contributed by atoms with Gasteiger partial charge in [0.2, 0.25) is 11.6 Å². The van der Waals surface area contributed by atoms with Gasteiger partial charge in [-0.3, -0.25) is 0 Å². The van der Waals surface area contributed by atoms with Crippen molar-refractivity contribution in [2.45, 2.75) is 32.0 Å². The van der Waals surface area contributed by atoms with E-state index < -0.39 is 19.2 Å². The molecular formula is C18H20F3N7OS. The number of nitrogens with one attached hydrogen (secondary N) is 1. The van der Waals surface area contributed by atoms with Crippen molar-refractivity contribution in [3.63, 3.8) is 0 Å². The first-order valence-electron chi connectivity index (χ1n) is 9.71. The fraction of sp³-hybridized carbons (Fsp3) is 0.556. The summed E-state index contributed by atoms with van der Waals surface area (Å²) in [6.45, 7) is 3.40. The zero-order valence-corrected chi connectivity index (χ0v) is 16.9. The molecule has 1 N–H and O–H groups in total. The van der Waals surface area contributed by atoms with Crippen LogP contribution in [0.25, 0.3) is 5.65 Å². The van der Waals surface area contributed by atoms with Crippen LogP contribution in [0.3, 0.4) is 0 Å². The predicted molar refractivity (Wildman–Crippen MR) is 105 cm³/mol. The maximum Gasteiger partial charge on any atom is 0.392 e. The zero-order valence-electron chi connectivity index (χ0n) is 16.1. The fourth-order valence-corrected chi connectivity index (χ4v) is 4.95.